The Balaban J connectivity index is 0.755. The summed E-state index contributed by atoms with van der Waals surface area (Å²) in [5.74, 6) is -4.79. The molecule has 22 nitrogen and oxygen atoms in total. The standard InChI is InChI=1S/C62H50F3N9O13/c1-36-52(48-18-6-8-26-73(48)53(36)54(77)38-21-23-47(69-35-87-62(63,64)65)45(31-38)61(82)86-32-37-12-4-3-5-13-37)70-58(79)40-14-10-16-42(28-40)84-33-50(75)67-24-25-68-51(76)34-85-43-17-11-15-41(29-43)59(80)72-56-49-19-7-9-27-74(49)57(71-56)55(78)39-20-22-46(66)44(30-39)60(81)83-2/h3-23,26-31,35H,24-25,32-34,66H2,1-2H3,(H,67,75)(H,68,76)(H,70,79)(H,72,80). The number of fused-ring (bicyclic) bond motifs is 2. The predicted molar refractivity (Wildman–Crippen MR) is 309 cm³/mol. The molecule has 0 unspecified atom stereocenters. The molecule has 0 saturated heterocycles. The van der Waals surface area contributed by atoms with Crippen LogP contribution in [0.3, 0.4) is 0 Å². The number of nitrogens with one attached hydrogen (secondary N) is 4. The monoisotopic (exact) mass is 1190 g/mol. The molecule has 0 aliphatic heterocycles. The molecular formula is C62H50F3N9O13. The van der Waals surface area contributed by atoms with E-state index in [0.29, 0.717) is 22.2 Å². The van der Waals surface area contributed by atoms with E-state index in [9.17, 15) is 51.5 Å². The van der Waals surface area contributed by atoms with E-state index in [0.717, 1.165) is 6.07 Å². The van der Waals surface area contributed by atoms with E-state index in [-0.39, 0.29) is 105 Å². The first-order valence-corrected chi connectivity index (χ1v) is 26.2. The minimum atomic E-state index is -5.05. The fourth-order valence-electron chi connectivity index (χ4n) is 8.83. The van der Waals surface area contributed by atoms with Crippen molar-refractivity contribution in [2.75, 3.05) is 49.8 Å². The number of aromatic nitrogens is 3. The Bertz CT molecular complexity index is 4180. The maximum absolute atomic E-state index is 14.4. The van der Waals surface area contributed by atoms with Crippen LogP contribution in [0.15, 0.2) is 169 Å². The number of ketones is 2. The molecule has 6 N–H and O–H groups in total. The lowest BCUT2D eigenvalue weighted by atomic mass is 10.0. The van der Waals surface area contributed by atoms with Gasteiger partial charge >= 0.3 is 18.3 Å². The highest BCUT2D eigenvalue weighted by Crippen LogP contribution is 2.33. The number of imidazole rings is 1. The number of ether oxygens (including phenoxy) is 5. The fourth-order valence-corrected chi connectivity index (χ4v) is 8.83. The molecule has 9 rings (SSSR count). The molecule has 5 aromatic carbocycles. The Morgan fingerprint density at radius 2 is 1.21 bits per heavy atom. The van der Waals surface area contributed by atoms with E-state index in [1.165, 1.54) is 82.6 Å². The number of nitrogens with two attached hydrogens (primary N) is 1. The third kappa shape index (κ3) is 14.6. The van der Waals surface area contributed by atoms with E-state index < -0.39 is 66.7 Å². The lowest BCUT2D eigenvalue weighted by Gasteiger charge is -2.11. The summed E-state index contributed by atoms with van der Waals surface area (Å²) >= 11 is 0. The second-order valence-corrected chi connectivity index (χ2v) is 18.8. The Hall–Kier alpha value is -11.6. The van der Waals surface area contributed by atoms with Gasteiger partial charge in [-0.3, -0.25) is 33.2 Å². The molecule has 87 heavy (non-hydrogen) atoms. The van der Waals surface area contributed by atoms with Crippen LogP contribution in [0.1, 0.15) is 84.8 Å². The number of hydrogen-bond donors (Lipinski definition) is 5. The quantitative estimate of drug-likeness (QED) is 0.0100. The summed E-state index contributed by atoms with van der Waals surface area (Å²) in [5.41, 5.74) is 7.92. The van der Waals surface area contributed by atoms with Gasteiger partial charge in [0.05, 0.1) is 46.3 Å². The van der Waals surface area contributed by atoms with Crippen LogP contribution in [0.5, 0.6) is 11.5 Å². The highest BCUT2D eigenvalue weighted by atomic mass is 19.4. The highest BCUT2D eigenvalue weighted by molar-refractivity contribution is 6.15. The third-order valence-corrected chi connectivity index (χ3v) is 13.0. The number of pyridine rings is 2. The molecule has 0 fully saturated rings. The predicted octanol–water partition coefficient (Wildman–Crippen LogP) is 8.47. The van der Waals surface area contributed by atoms with Gasteiger partial charge in [-0.25, -0.2) is 19.6 Å². The number of carbonyl (C=O) groups excluding carboxylic acids is 8. The van der Waals surface area contributed by atoms with Gasteiger partial charge < -0.3 is 55.1 Å². The van der Waals surface area contributed by atoms with Gasteiger partial charge in [-0.05, 0) is 110 Å². The van der Waals surface area contributed by atoms with Gasteiger partial charge in [0.15, 0.2) is 31.3 Å². The molecule has 4 amide bonds. The van der Waals surface area contributed by atoms with Crippen LogP contribution in [0.2, 0.25) is 0 Å². The average Bonchev–Trinajstić information content (AvgIpc) is 2.04. The second-order valence-electron chi connectivity index (χ2n) is 18.8. The number of hydrogen-bond acceptors (Lipinski definition) is 16. The second kappa shape index (κ2) is 26.7. The summed E-state index contributed by atoms with van der Waals surface area (Å²) in [4.78, 5) is 115. The molecule has 0 aliphatic rings. The number of nitrogens with zero attached hydrogens (tertiary/aromatic N) is 4. The largest absolute Gasteiger partial charge is 0.573 e. The first kappa shape index (κ1) is 60.0. The van der Waals surface area contributed by atoms with Gasteiger partial charge in [0.25, 0.3) is 23.6 Å². The van der Waals surface area contributed by atoms with Crippen LogP contribution in [-0.4, -0.2) is 107 Å². The van der Waals surface area contributed by atoms with Gasteiger partial charge in [0, 0.05) is 59.0 Å². The summed E-state index contributed by atoms with van der Waals surface area (Å²) < 4.78 is 66.6. The van der Waals surface area contributed by atoms with Crippen molar-refractivity contribution in [2.45, 2.75) is 19.9 Å². The Labute approximate surface area is 491 Å². The molecule has 9 aromatic rings. The summed E-state index contributed by atoms with van der Waals surface area (Å²) in [5, 5.41) is 10.8. The van der Waals surface area contributed by atoms with Gasteiger partial charge in [-0.1, -0.05) is 54.6 Å². The van der Waals surface area contributed by atoms with Crippen LogP contribution in [0.25, 0.3) is 11.0 Å². The summed E-state index contributed by atoms with van der Waals surface area (Å²) in [6.07, 6.45) is -1.74. The van der Waals surface area contributed by atoms with Crippen molar-refractivity contribution in [3.8, 4) is 11.5 Å². The van der Waals surface area contributed by atoms with Crippen molar-refractivity contribution in [3.63, 3.8) is 0 Å². The zero-order chi connectivity index (χ0) is 61.8. The maximum atomic E-state index is 14.4. The van der Waals surface area contributed by atoms with Crippen LogP contribution >= 0.6 is 0 Å². The molecule has 0 atom stereocenters. The van der Waals surface area contributed by atoms with Gasteiger partial charge in [0.1, 0.15) is 18.1 Å². The van der Waals surface area contributed by atoms with Crippen LogP contribution in [-0.2, 0) is 30.4 Å². The summed E-state index contributed by atoms with van der Waals surface area (Å²) in [6, 6.07) is 38.4. The van der Waals surface area contributed by atoms with Gasteiger partial charge in [-0.2, -0.15) is 0 Å². The minimum Gasteiger partial charge on any atom is -0.484 e. The maximum Gasteiger partial charge on any atom is 0.573 e. The summed E-state index contributed by atoms with van der Waals surface area (Å²) in [7, 11) is 1.19. The van der Waals surface area contributed by atoms with Gasteiger partial charge in [-0.15, -0.1) is 13.2 Å². The molecule has 0 aliphatic carbocycles. The molecule has 4 aromatic heterocycles. The molecule has 4 heterocycles. The number of aliphatic imine (C=N–C) groups is 1. The van der Waals surface area contributed by atoms with Crippen molar-refractivity contribution in [3.05, 3.63) is 220 Å². The van der Waals surface area contributed by atoms with Crippen LogP contribution in [0.4, 0.5) is 36.1 Å². The zero-order valence-electron chi connectivity index (χ0n) is 46.0. The number of benzene rings is 5. The molecule has 0 radical (unpaired) electrons. The average molecular weight is 1190 g/mol. The van der Waals surface area contributed by atoms with Gasteiger partial charge in [0.2, 0.25) is 11.6 Å². The van der Waals surface area contributed by atoms with E-state index in [1.807, 2.05) is 0 Å². The number of nitrogen functional groups attached to an aromatic ring is 1. The highest BCUT2D eigenvalue weighted by Gasteiger charge is 2.30. The molecular weight excluding hydrogens is 1140 g/mol. The first-order valence-electron chi connectivity index (χ1n) is 26.2. The SMILES string of the molecule is COC(=O)c1cc(C(=O)c2nc(NC(=O)c3cccc(OCC(=O)NCCNC(=O)COc4cccc(C(=O)Nc5c(C)c(C(=O)c6ccc(N=COC(F)(F)F)c(C(=O)OCc7ccccc7)c6)n6ccccc56)c4)c3)c3ccccn23)ccc1N. The van der Waals surface area contributed by atoms with Crippen molar-refractivity contribution < 1.29 is 75.2 Å². The molecule has 25 heteroatoms. The number of amides is 4. The topological polar surface area (TPSA) is 291 Å². The number of methoxy groups -OCH3 is 1. The number of esters is 2. The number of rotatable bonds is 23. The van der Waals surface area contributed by atoms with Crippen molar-refractivity contribution in [1.29, 1.82) is 0 Å². The van der Waals surface area contributed by atoms with E-state index in [2.05, 4.69) is 36.0 Å². The Kier molecular flexibility index (Phi) is 18.4. The number of halogens is 3. The van der Waals surface area contributed by atoms with Crippen molar-refractivity contribution in [2.24, 2.45) is 4.99 Å². The van der Waals surface area contributed by atoms with E-state index in [1.54, 1.807) is 98.2 Å². The minimum absolute atomic E-state index is 0.00167. The smallest absolute Gasteiger partial charge is 0.484 e. The lowest BCUT2D eigenvalue weighted by molar-refractivity contribution is -0.280. The summed E-state index contributed by atoms with van der Waals surface area (Å²) in [6.45, 7) is 0.541. The molecule has 0 spiro atoms. The molecule has 0 saturated carbocycles. The molecule has 442 valence electrons. The third-order valence-electron chi connectivity index (χ3n) is 13.0. The normalized spacial score (nSPS) is 11.2. The van der Waals surface area contributed by atoms with E-state index in [4.69, 9.17) is 24.7 Å². The number of anilines is 3. The number of alkyl halides is 3. The van der Waals surface area contributed by atoms with Crippen LogP contribution in [0, 0.1) is 6.92 Å². The van der Waals surface area contributed by atoms with Crippen molar-refractivity contribution >= 4 is 87.4 Å². The van der Waals surface area contributed by atoms with Crippen LogP contribution < -0.4 is 36.5 Å². The zero-order valence-corrected chi connectivity index (χ0v) is 46.0. The lowest BCUT2D eigenvalue weighted by Crippen LogP contribution is -2.38. The Morgan fingerprint density at radius 3 is 1.85 bits per heavy atom. The first-order chi connectivity index (χ1) is 41.8. The molecule has 0 bridgehead atoms. The van der Waals surface area contributed by atoms with Crippen molar-refractivity contribution in [1.82, 2.24) is 24.4 Å². The fraction of sp³-hybridized carbons (Fsp3) is 0.129. The Morgan fingerprint density at radius 1 is 0.621 bits per heavy atom. The van der Waals surface area contributed by atoms with E-state index >= 15 is 0 Å². The number of carbonyl (C=O) groups is 8.